The van der Waals surface area contributed by atoms with Crippen molar-refractivity contribution in [3.63, 3.8) is 0 Å². The minimum absolute atomic E-state index is 0.131. The maximum absolute atomic E-state index is 12.6. The molecule has 32 heavy (non-hydrogen) atoms. The zero-order valence-electron chi connectivity index (χ0n) is 18.1. The van der Waals surface area contributed by atoms with Crippen LogP contribution in [0, 0.1) is 0 Å². The second-order valence-corrected chi connectivity index (χ2v) is 9.45. The average molecular weight is 457 g/mol. The lowest BCUT2D eigenvalue weighted by Crippen LogP contribution is -2.27. The van der Waals surface area contributed by atoms with Crippen LogP contribution in [0.2, 0.25) is 0 Å². The van der Waals surface area contributed by atoms with Crippen LogP contribution in [0.3, 0.4) is 0 Å². The van der Waals surface area contributed by atoms with Gasteiger partial charge in [-0.1, -0.05) is 24.3 Å². The number of anilines is 1. The normalized spacial score (nSPS) is 14.5. The highest BCUT2D eigenvalue weighted by molar-refractivity contribution is 7.89. The predicted octanol–water partition coefficient (Wildman–Crippen LogP) is 3.62. The maximum atomic E-state index is 12.6. The van der Waals surface area contributed by atoms with Crippen LogP contribution in [-0.4, -0.2) is 44.3 Å². The van der Waals surface area contributed by atoms with Crippen molar-refractivity contribution in [2.24, 2.45) is 0 Å². The van der Waals surface area contributed by atoms with Crippen LogP contribution in [0.25, 0.3) is 6.08 Å². The van der Waals surface area contributed by atoms with Gasteiger partial charge in [0.2, 0.25) is 15.9 Å². The Morgan fingerprint density at radius 2 is 1.69 bits per heavy atom. The lowest BCUT2D eigenvalue weighted by atomic mass is 10.1. The third-order valence-corrected chi connectivity index (χ3v) is 7.07. The molecular weight excluding hydrogens is 428 g/mol. The first kappa shape index (κ1) is 23.7. The van der Waals surface area contributed by atoms with E-state index in [0.29, 0.717) is 36.7 Å². The lowest BCUT2D eigenvalue weighted by molar-refractivity contribution is -0.137. The van der Waals surface area contributed by atoms with Crippen molar-refractivity contribution in [3.8, 4) is 0 Å². The van der Waals surface area contributed by atoms with Gasteiger partial charge < -0.3 is 10.1 Å². The molecule has 1 saturated heterocycles. The second-order valence-electron chi connectivity index (χ2n) is 7.51. The number of aryl methyl sites for hydroxylation is 1. The Morgan fingerprint density at radius 3 is 2.31 bits per heavy atom. The Labute approximate surface area is 189 Å². The molecule has 170 valence electrons. The van der Waals surface area contributed by atoms with Gasteiger partial charge in [0, 0.05) is 31.3 Å². The van der Waals surface area contributed by atoms with E-state index in [1.165, 1.54) is 10.4 Å². The van der Waals surface area contributed by atoms with Gasteiger partial charge in [0.25, 0.3) is 0 Å². The molecular formula is C24H28N2O5S. The number of esters is 1. The van der Waals surface area contributed by atoms with E-state index in [4.69, 9.17) is 4.74 Å². The number of rotatable bonds is 9. The third kappa shape index (κ3) is 6.51. The number of ether oxygens (including phenoxy) is 1. The number of amides is 1. The molecule has 1 amide bonds. The molecule has 0 aromatic heterocycles. The van der Waals surface area contributed by atoms with E-state index in [2.05, 4.69) is 5.32 Å². The van der Waals surface area contributed by atoms with Crippen molar-refractivity contribution in [1.82, 2.24) is 4.31 Å². The third-order valence-electron chi connectivity index (χ3n) is 5.16. The molecule has 1 aliphatic heterocycles. The first-order chi connectivity index (χ1) is 15.4. The van der Waals surface area contributed by atoms with Crippen LogP contribution in [0.5, 0.6) is 0 Å². The molecule has 1 N–H and O–H groups in total. The molecule has 8 heteroatoms. The molecule has 0 bridgehead atoms. The lowest BCUT2D eigenvalue weighted by Gasteiger charge is -2.15. The highest BCUT2D eigenvalue weighted by atomic mass is 32.2. The van der Waals surface area contributed by atoms with E-state index in [0.717, 1.165) is 24.0 Å². The first-order valence-corrected chi connectivity index (χ1v) is 12.2. The SMILES string of the molecule is CCOC(=O)/C=C/c1ccc(NC(=O)CCc2ccc(S(=O)(=O)N3CCCC3)cc2)cc1. The van der Waals surface area contributed by atoms with Crippen molar-refractivity contribution in [1.29, 1.82) is 0 Å². The Bertz CT molecular complexity index is 1050. The smallest absolute Gasteiger partial charge is 0.330 e. The van der Waals surface area contributed by atoms with E-state index >= 15 is 0 Å². The van der Waals surface area contributed by atoms with E-state index in [1.807, 2.05) is 0 Å². The topological polar surface area (TPSA) is 92.8 Å². The number of benzene rings is 2. The van der Waals surface area contributed by atoms with Crippen molar-refractivity contribution in [2.75, 3.05) is 25.0 Å². The van der Waals surface area contributed by atoms with Gasteiger partial charge in [-0.05, 0) is 67.7 Å². The molecule has 3 rings (SSSR count). The molecule has 0 aliphatic carbocycles. The summed E-state index contributed by atoms with van der Waals surface area (Å²) in [4.78, 5) is 23.9. The molecule has 0 unspecified atom stereocenters. The molecule has 1 heterocycles. The number of nitrogens with zero attached hydrogens (tertiary/aromatic N) is 1. The fourth-order valence-corrected chi connectivity index (χ4v) is 4.94. The van der Waals surface area contributed by atoms with Crippen LogP contribution in [0.15, 0.2) is 59.5 Å². The van der Waals surface area contributed by atoms with Gasteiger partial charge in [0.05, 0.1) is 11.5 Å². The summed E-state index contributed by atoms with van der Waals surface area (Å²) in [5, 5.41) is 2.84. The van der Waals surface area contributed by atoms with Crippen LogP contribution in [0.1, 0.15) is 37.3 Å². The molecule has 2 aromatic rings. The summed E-state index contributed by atoms with van der Waals surface area (Å²) in [5.74, 6) is -0.528. The molecule has 1 aliphatic rings. The van der Waals surface area contributed by atoms with E-state index in [1.54, 1.807) is 61.5 Å². The van der Waals surface area contributed by atoms with Crippen molar-refractivity contribution in [2.45, 2.75) is 37.5 Å². The van der Waals surface area contributed by atoms with Crippen LogP contribution >= 0.6 is 0 Å². The summed E-state index contributed by atoms with van der Waals surface area (Å²) in [6, 6.07) is 13.9. The quantitative estimate of drug-likeness (QED) is 0.460. The second kappa shape index (κ2) is 11.1. The summed E-state index contributed by atoms with van der Waals surface area (Å²) in [7, 11) is -3.42. The standard InChI is InChI=1S/C24H28N2O5S/c1-2-31-24(28)16-10-19-5-11-21(12-6-19)25-23(27)15-9-20-7-13-22(14-8-20)32(29,30)26-17-3-4-18-26/h5-8,10-14,16H,2-4,9,15,17-18H2,1H3,(H,25,27)/b16-10+. The average Bonchev–Trinajstić information content (AvgIpc) is 3.34. The van der Waals surface area contributed by atoms with Crippen molar-refractivity contribution >= 4 is 33.7 Å². The number of hydrogen-bond donors (Lipinski definition) is 1. The number of hydrogen-bond acceptors (Lipinski definition) is 5. The van der Waals surface area contributed by atoms with Gasteiger partial charge in [0.15, 0.2) is 0 Å². The summed E-state index contributed by atoms with van der Waals surface area (Å²) >= 11 is 0. The number of nitrogens with one attached hydrogen (secondary N) is 1. The zero-order chi connectivity index (χ0) is 23.0. The Balaban J connectivity index is 1.49. The van der Waals surface area contributed by atoms with Gasteiger partial charge in [-0.25, -0.2) is 13.2 Å². The zero-order valence-corrected chi connectivity index (χ0v) is 18.9. The molecule has 0 radical (unpaired) electrons. The summed E-state index contributed by atoms with van der Waals surface area (Å²) < 4.78 is 31.5. The Kier molecular flexibility index (Phi) is 8.19. The van der Waals surface area contributed by atoms with Crippen LogP contribution in [-0.2, 0) is 30.8 Å². The van der Waals surface area contributed by atoms with Crippen LogP contribution in [0.4, 0.5) is 5.69 Å². The molecule has 0 spiro atoms. The van der Waals surface area contributed by atoms with E-state index in [-0.39, 0.29) is 12.3 Å². The van der Waals surface area contributed by atoms with Gasteiger partial charge >= 0.3 is 5.97 Å². The van der Waals surface area contributed by atoms with Gasteiger partial charge in [-0.2, -0.15) is 4.31 Å². The van der Waals surface area contributed by atoms with E-state index < -0.39 is 16.0 Å². The summed E-state index contributed by atoms with van der Waals surface area (Å²) in [5.41, 5.74) is 2.38. The number of carbonyl (C=O) groups excluding carboxylic acids is 2. The monoisotopic (exact) mass is 456 g/mol. The molecule has 1 fully saturated rings. The Hall–Kier alpha value is -2.97. The molecule has 0 atom stereocenters. The molecule has 7 nitrogen and oxygen atoms in total. The Morgan fingerprint density at radius 1 is 1.03 bits per heavy atom. The number of carbonyl (C=O) groups is 2. The number of sulfonamides is 1. The van der Waals surface area contributed by atoms with Gasteiger partial charge in [-0.3, -0.25) is 4.79 Å². The highest BCUT2D eigenvalue weighted by Crippen LogP contribution is 2.21. The molecule has 0 saturated carbocycles. The summed E-state index contributed by atoms with van der Waals surface area (Å²) in [6.45, 7) is 3.23. The highest BCUT2D eigenvalue weighted by Gasteiger charge is 2.26. The predicted molar refractivity (Wildman–Crippen MR) is 123 cm³/mol. The van der Waals surface area contributed by atoms with Gasteiger partial charge in [-0.15, -0.1) is 0 Å². The fourth-order valence-electron chi connectivity index (χ4n) is 3.42. The molecule has 2 aromatic carbocycles. The minimum Gasteiger partial charge on any atom is -0.463 e. The van der Waals surface area contributed by atoms with E-state index in [9.17, 15) is 18.0 Å². The minimum atomic E-state index is -3.42. The maximum Gasteiger partial charge on any atom is 0.330 e. The van der Waals surface area contributed by atoms with Crippen molar-refractivity contribution < 1.29 is 22.7 Å². The van der Waals surface area contributed by atoms with Crippen molar-refractivity contribution in [3.05, 3.63) is 65.7 Å². The fraction of sp³-hybridized carbons (Fsp3) is 0.333. The summed E-state index contributed by atoms with van der Waals surface area (Å²) in [6.07, 6.45) is 5.60. The van der Waals surface area contributed by atoms with Gasteiger partial charge in [0.1, 0.15) is 0 Å². The largest absolute Gasteiger partial charge is 0.463 e. The first-order valence-electron chi connectivity index (χ1n) is 10.7. The van der Waals surface area contributed by atoms with Crippen LogP contribution < -0.4 is 5.32 Å².